The van der Waals surface area contributed by atoms with Gasteiger partial charge in [-0.2, -0.15) is 0 Å². The topological polar surface area (TPSA) is 80.6 Å². The maximum Gasteiger partial charge on any atom is 0.291 e. The number of aryl methyl sites for hydroxylation is 1. The second-order valence-corrected chi connectivity index (χ2v) is 6.00. The standard InChI is InChI=1S/C21H20N2O4/c1-14-5-8-16(12-19(14)26-2)20(24)22-13-15-6-9-17(10-7-15)23-21(25)18-4-3-11-27-18/h3-12H,13H2,1-2H3,(H,22,24)(H,23,25). The van der Waals surface area contributed by atoms with Crippen LogP contribution in [0, 0.1) is 6.92 Å². The van der Waals surface area contributed by atoms with Crippen LogP contribution in [0.5, 0.6) is 5.75 Å². The molecule has 0 aliphatic rings. The van der Waals surface area contributed by atoms with Crippen molar-refractivity contribution >= 4 is 17.5 Å². The molecule has 2 N–H and O–H groups in total. The first kappa shape index (κ1) is 18.3. The molecule has 0 fully saturated rings. The van der Waals surface area contributed by atoms with Gasteiger partial charge in [0, 0.05) is 17.8 Å². The largest absolute Gasteiger partial charge is 0.496 e. The van der Waals surface area contributed by atoms with Gasteiger partial charge >= 0.3 is 0 Å². The Balaban J connectivity index is 1.57. The Morgan fingerprint density at radius 3 is 2.48 bits per heavy atom. The molecule has 0 aliphatic carbocycles. The Hall–Kier alpha value is -3.54. The Kier molecular flexibility index (Phi) is 5.56. The molecule has 0 radical (unpaired) electrons. The van der Waals surface area contributed by atoms with E-state index in [4.69, 9.17) is 9.15 Å². The molecule has 0 saturated carbocycles. The van der Waals surface area contributed by atoms with E-state index in [1.165, 1.54) is 6.26 Å². The van der Waals surface area contributed by atoms with Crippen LogP contribution in [0.1, 0.15) is 32.0 Å². The monoisotopic (exact) mass is 364 g/mol. The van der Waals surface area contributed by atoms with Gasteiger partial charge in [-0.1, -0.05) is 18.2 Å². The second-order valence-electron chi connectivity index (χ2n) is 6.00. The summed E-state index contributed by atoms with van der Waals surface area (Å²) in [7, 11) is 1.58. The summed E-state index contributed by atoms with van der Waals surface area (Å²) in [6, 6.07) is 15.8. The van der Waals surface area contributed by atoms with E-state index in [1.807, 2.05) is 25.1 Å². The molecule has 0 spiro atoms. The zero-order chi connectivity index (χ0) is 19.2. The van der Waals surface area contributed by atoms with Crippen molar-refractivity contribution < 1.29 is 18.7 Å². The third kappa shape index (κ3) is 4.55. The van der Waals surface area contributed by atoms with E-state index < -0.39 is 0 Å². The highest BCUT2D eigenvalue weighted by Gasteiger charge is 2.10. The lowest BCUT2D eigenvalue weighted by Crippen LogP contribution is -2.22. The summed E-state index contributed by atoms with van der Waals surface area (Å²) in [5, 5.41) is 5.62. The summed E-state index contributed by atoms with van der Waals surface area (Å²) >= 11 is 0. The van der Waals surface area contributed by atoms with Crippen LogP contribution in [-0.2, 0) is 6.54 Å². The number of furan rings is 1. The molecule has 6 heteroatoms. The van der Waals surface area contributed by atoms with E-state index in [9.17, 15) is 9.59 Å². The predicted molar refractivity (Wildman–Crippen MR) is 102 cm³/mol. The van der Waals surface area contributed by atoms with Crippen molar-refractivity contribution in [1.82, 2.24) is 5.32 Å². The molecular formula is C21H20N2O4. The van der Waals surface area contributed by atoms with E-state index >= 15 is 0 Å². The van der Waals surface area contributed by atoms with Crippen molar-refractivity contribution in [2.75, 3.05) is 12.4 Å². The zero-order valence-corrected chi connectivity index (χ0v) is 15.1. The number of nitrogens with one attached hydrogen (secondary N) is 2. The molecule has 3 rings (SSSR count). The molecule has 1 heterocycles. The lowest BCUT2D eigenvalue weighted by molar-refractivity contribution is 0.0949. The molecule has 1 aromatic heterocycles. The molecule has 138 valence electrons. The number of anilines is 1. The molecule has 27 heavy (non-hydrogen) atoms. The second kappa shape index (κ2) is 8.23. The van der Waals surface area contributed by atoms with Gasteiger partial charge in [-0.3, -0.25) is 9.59 Å². The predicted octanol–water partition coefficient (Wildman–Crippen LogP) is 3.78. The van der Waals surface area contributed by atoms with Crippen molar-refractivity contribution in [1.29, 1.82) is 0 Å². The van der Waals surface area contributed by atoms with Crippen LogP contribution in [0.2, 0.25) is 0 Å². The lowest BCUT2D eigenvalue weighted by Gasteiger charge is -2.09. The molecule has 0 atom stereocenters. The molecule has 0 unspecified atom stereocenters. The maximum absolute atomic E-state index is 12.3. The van der Waals surface area contributed by atoms with Crippen LogP contribution in [0.4, 0.5) is 5.69 Å². The Bertz CT molecular complexity index is 931. The molecular weight excluding hydrogens is 344 g/mol. The fraction of sp³-hybridized carbons (Fsp3) is 0.143. The van der Waals surface area contributed by atoms with Crippen molar-refractivity contribution in [3.8, 4) is 5.75 Å². The summed E-state index contributed by atoms with van der Waals surface area (Å²) in [6.45, 7) is 2.30. The lowest BCUT2D eigenvalue weighted by atomic mass is 10.1. The number of carbonyl (C=O) groups is 2. The van der Waals surface area contributed by atoms with Crippen LogP contribution in [0.25, 0.3) is 0 Å². The molecule has 3 aromatic rings. The van der Waals surface area contributed by atoms with Crippen molar-refractivity contribution in [3.63, 3.8) is 0 Å². The van der Waals surface area contributed by atoms with Gasteiger partial charge in [0.15, 0.2) is 5.76 Å². The van der Waals surface area contributed by atoms with E-state index in [1.54, 1.807) is 43.5 Å². The normalized spacial score (nSPS) is 10.3. The average Bonchev–Trinajstić information content (AvgIpc) is 3.22. The fourth-order valence-corrected chi connectivity index (χ4v) is 2.55. The number of carbonyl (C=O) groups excluding carboxylic acids is 2. The highest BCUT2D eigenvalue weighted by molar-refractivity contribution is 6.02. The molecule has 0 bridgehead atoms. The first-order valence-electron chi connectivity index (χ1n) is 8.43. The number of amides is 2. The Labute approximate surface area is 157 Å². The zero-order valence-electron chi connectivity index (χ0n) is 15.1. The summed E-state index contributed by atoms with van der Waals surface area (Å²) in [4.78, 5) is 24.2. The van der Waals surface area contributed by atoms with Gasteiger partial charge in [-0.25, -0.2) is 0 Å². The van der Waals surface area contributed by atoms with Crippen LogP contribution >= 0.6 is 0 Å². The van der Waals surface area contributed by atoms with Crippen molar-refractivity contribution in [2.45, 2.75) is 13.5 Å². The number of methoxy groups -OCH3 is 1. The Morgan fingerprint density at radius 1 is 1.04 bits per heavy atom. The number of rotatable bonds is 6. The van der Waals surface area contributed by atoms with Crippen molar-refractivity contribution in [2.24, 2.45) is 0 Å². The van der Waals surface area contributed by atoms with Crippen molar-refractivity contribution in [3.05, 3.63) is 83.3 Å². The molecule has 6 nitrogen and oxygen atoms in total. The summed E-state index contributed by atoms with van der Waals surface area (Å²) in [6.07, 6.45) is 1.45. The molecule has 2 aromatic carbocycles. The van der Waals surface area contributed by atoms with Crippen LogP contribution < -0.4 is 15.4 Å². The molecule has 2 amide bonds. The first-order valence-corrected chi connectivity index (χ1v) is 8.43. The van der Waals surface area contributed by atoms with E-state index in [0.29, 0.717) is 23.5 Å². The first-order chi connectivity index (χ1) is 13.1. The summed E-state index contributed by atoms with van der Waals surface area (Å²) in [5.41, 5.74) is 3.08. The van der Waals surface area contributed by atoms with Gasteiger partial charge in [0.05, 0.1) is 13.4 Å². The Morgan fingerprint density at radius 2 is 1.81 bits per heavy atom. The molecule has 0 aliphatic heterocycles. The summed E-state index contributed by atoms with van der Waals surface area (Å²) in [5.74, 6) is 0.442. The van der Waals surface area contributed by atoms with Gasteiger partial charge in [0.1, 0.15) is 5.75 Å². The van der Waals surface area contributed by atoms with Gasteiger partial charge in [-0.05, 0) is 54.4 Å². The van der Waals surface area contributed by atoms with Crippen LogP contribution in [0.3, 0.4) is 0 Å². The van der Waals surface area contributed by atoms with Gasteiger partial charge < -0.3 is 19.8 Å². The van der Waals surface area contributed by atoms with Gasteiger partial charge in [-0.15, -0.1) is 0 Å². The maximum atomic E-state index is 12.3. The number of hydrogen-bond donors (Lipinski definition) is 2. The third-order valence-electron chi connectivity index (χ3n) is 4.08. The SMILES string of the molecule is COc1cc(C(=O)NCc2ccc(NC(=O)c3ccco3)cc2)ccc1C. The van der Waals surface area contributed by atoms with Crippen LogP contribution in [0.15, 0.2) is 65.3 Å². The van der Waals surface area contributed by atoms with E-state index in [-0.39, 0.29) is 17.6 Å². The highest BCUT2D eigenvalue weighted by atomic mass is 16.5. The number of ether oxygens (including phenoxy) is 1. The smallest absolute Gasteiger partial charge is 0.291 e. The minimum absolute atomic E-state index is 0.177. The van der Waals surface area contributed by atoms with E-state index in [2.05, 4.69) is 10.6 Å². The number of benzene rings is 2. The minimum Gasteiger partial charge on any atom is -0.496 e. The average molecular weight is 364 g/mol. The fourth-order valence-electron chi connectivity index (χ4n) is 2.55. The molecule has 0 saturated heterocycles. The quantitative estimate of drug-likeness (QED) is 0.697. The summed E-state index contributed by atoms with van der Waals surface area (Å²) < 4.78 is 10.3. The third-order valence-corrected chi connectivity index (χ3v) is 4.08. The minimum atomic E-state index is -0.311. The van der Waals surface area contributed by atoms with Gasteiger partial charge in [0.25, 0.3) is 11.8 Å². The van der Waals surface area contributed by atoms with E-state index in [0.717, 1.165) is 11.1 Å². The van der Waals surface area contributed by atoms with Gasteiger partial charge in [0.2, 0.25) is 0 Å². The number of hydrogen-bond acceptors (Lipinski definition) is 4. The highest BCUT2D eigenvalue weighted by Crippen LogP contribution is 2.19. The van der Waals surface area contributed by atoms with Crippen LogP contribution in [-0.4, -0.2) is 18.9 Å².